The van der Waals surface area contributed by atoms with E-state index in [2.05, 4.69) is 0 Å². The fourth-order valence-electron chi connectivity index (χ4n) is 3.04. The number of hydrogen-bond acceptors (Lipinski definition) is 2. The van der Waals surface area contributed by atoms with Crippen molar-refractivity contribution in [2.45, 2.75) is 51.0 Å². The molecule has 0 amide bonds. The van der Waals surface area contributed by atoms with Crippen molar-refractivity contribution in [2.24, 2.45) is 11.7 Å². The van der Waals surface area contributed by atoms with Crippen LogP contribution in [0.15, 0.2) is 18.2 Å². The van der Waals surface area contributed by atoms with E-state index < -0.39 is 0 Å². The third-order valence-electron chi connectivity index (χ3n) is 4.15. The molecule has 1 unspecified atom stereocenters. The average Bonchev–Trinajstić information content (AvgIpc) is 2.90. The maximum absolute atomic E-state index is 6.26. The minimum Gasteiger partial charge on any atom is -0.496 e. The maximum Gasteiger partial charge on any atom is 0.122 e. The Kier molecular flexibility index (Phi) is 5.53. The number of ether oxygens (including phenoxy) is 1. The molecule has 3 heteroatoms. The summed E-state index contributed by atoms with van der Waals surface area (Å²) < 4.78 is 5.36. The lowest BCUT2D eigenvalue weighted by atomic mass is 9.95. The molecule has 0 heterocycles. The predicted octanol–water partition coefficient (Wildman–Crippen LogP) is 4.19. The molecule has 1 atom stereocenters. The highest BCUT2D eigenvalue weighted by Gasteiger charge is 2.17. The van der Waals surface area contributed by atoms with E-state index in [1.165, 1.54) is 32.1 Å². The van der Waals surface area contributed by atoms with Gasteiger partial charge in [0.15, 0.2) is 0 Å². The largest absolute Gasteiger partial charge is 0.496 e. The molecule has 0 saturated heterocycles. The first-order chi connectivity index (χ1) is 9.19. The second-order valence-electron chi connectivity index (χ2n) is 5.65. The van der Waals surface area contributed by atoms with Crippen molar-refractivity contribution in [2.75, 3.05) is 7.11 Å². The number of halogens is 1. The average molecular weight is 282 g/mol. The maximum atomic E-state index is 6.26. The molecule has 1 saturated carbocycles. The van der Waals surface area contributed by atoms with Gasteiger partial charge in [0.05, 0.1) is 7.11 Å². The van der Waals surface area contributed by atoms with Gasteiger partial charge in [-0.3, -0.25) is 0 Å². The molecule has 2 nitrogen and oxygen atoms in total. The lowest BCUT2D eigenvalue weighted by molar-refractivity contribution is 0.403. The Morgan fingerprint density at radius 1 is 1.37 bits per heavy atom. The normalized spacial score (nSPS) is 17.6. The zero-order chi connectivity index (χ0) is 13.7. The lowest BCUT2D eigenvalue weighted by Crippen LogP contribution is -2.23. The van der Waals surface area contributed by atoms with E-state index in [1.54, 1.807) is 7.11 Å². The van der Waals surface area contributed by atoms with Crippen LogP contribution in [0.4, 0.5) is 0 Å². The molecule has 1 fully saturated rings. The summed E-state index contributed by atoms with van der Waals surface area (Å²) in [5.41, 5.74) is 7.38. The molecule has 0 aromatic heterocycles. The summed E-state index contributed by atoms with van der Waals surface area (Å²) in [6.45, 7) is 0. The van der Waals surface area contributed by atoms with Gasteiger partial charge >= 0.3 is 0 Å². The molecule has 1 aromatic rings. The number of rotatable bonds is 6. The molecule has 2 rings (SSSR count). The van der Waals surface area contributed by atoms with E-state index in [4.69, 9.17) is 22.1 Å². The zero-order valence-corrected chi connectivity index (χ0v) is 12.5. The third-order valence-corrected chi connectivity index (χ3v) is 4.38. The van der Waals surface area contributed by atoms with Crippen molar-refractivity contribution in [1.29, 1.82) is 0 Å². The van der Waals surface area contributed by atoms with Gasteiger partial charge in [0.1, 0.15) is 5.75 Å². The molecule has 0 spiro atoms. The molecule has 106 valence electrons. The van der Waals surface area contributed by atoms with Crippen LogP contribution in [0, 0.1) is 5.92 Å². The van der Waals surface area contributed by atoms with Crippen LogP contribution in [-0.4, -0.2) is 13.2 Å². The van der Waals surface area contributed by atoms with Gasteiger partial charge in [0.2, 0.25) is 0 Å². The molecule has 0 aliphatic heterocycles. The summed E-state index contributed by atoms with van der Waals surface area (Å²) in [5, 5.41) is 0.749. The van der Waals surface area contributed by atoms with Crippen LogP contribution in [0.25, 0.3) is 0 Å². The second kappa shape index (κ2) is 7.16. The van der Waals surface area contributed by atoms with Crippen molar-refractivity contribution < 1.29 is 4.74 Å². The summed E-state index contributed by atoms with van der Waals surface area (Å²) in [7, 11) is 1.69. The first kappa shape index (κ1) is 14.7. The van der Waals surface area contributed by atoms with Crippen LogP contribution in [-0.2, 0) is 6.42 Å². The second-order valence-corrected chi connectivity index (χ2v) is 6.08. The van der Waals surface area contributed by atoms with Gasteiger partial charge < -0.3 is 10.5 Å². The van der Waals surface area contributed by atoms with E-state index in [1.807, 2.05) is 18.2 Å². The minimum absolute atomic E-state index is 0.202. The topological polar surface area (TPSA) is 35.2 Å². The van der Waals surface area contributed by atoms with Crippen molar-refractivity contribution in [1.82, 2.24) is 0 Å². The van der Waals surface area contributed by atoms with Gasteiger partial charge in [-0.2, -0.15) is 0 Å². The van der Waals surface area contributed by atoms with Gasteiger partial charge in [-0.25, -0.2) is 0 Å². The first-order valence-electron chi connectivity index (χ1n) is 7.27. The smallest absolute Gasteiger partial charge is 0.122 e. The van der Waals surface area contributed by atoms with Gasteiger partial charge in [-0.05, 0) is 48.9 Å². The summed E-state index contributed by atoms with van der Waals surface area (Å²) in [6.07, 6.45) is 8.81. The van der Waals surface area contributed by atoms with Crippen LogP contribution in [0.2, 0.25) is 5.02 Å². The monoisotopic (exact) mass is 281 g/mol. The first-order valence-corrected chi connectivity index (χ1v) is 7.65. The highest BCUT2D eigenvalue weighted by atomic mass is 35.5. The van der Waals surface area contributed by atoms with Crippen molar-refractivity contribution in [3.63, 3.8) is 0 Å². The summed E-state index contributed by atoms with van der Waals surface area (Å²) in [4.78, 5) is 0. The Balaban J connectivity index is 1.86. The Morgan fingerprint density at radius 3 is 2.79 bits per heavy atom. The molecule has 0 bridgehead atoms. The fraction of sp³-hybridized carbons (Fsp3) is 0.625. The summed E-state index contributed by atoms with van der Waals surface area (Å²) in [5.74, 6) is 1.80. The Hall–Kier alpha value is -0.730. The Morgan fingerprint density at radius 2 is 2.11 bits per heavy atom. The number of methoxy groups -OCH3 is 1. The minimum atomic E-state index is 0.202. The highest BCUT2D eigenvalue weighted by molar-refractivity contribution is 6.30. The quantitative estimate of drug-likeness (QED) is 0.849. The molecule has 19 heavy (non-hydrogen) atoms. The van der Waals surface area contributed by atoms with Crippen LogP contribution in [0.5, 0.6) is 5.75 Å². The number of nitrogens with two attached hydrogens (primary N) is 1. The Labute approximate surface area is 121 Å². The van der Waals surface area contributed by atoms with E-state index in [0.717, 1.165) is 35.1 Å². The predicted molar refractivity (Wildman–Crippen MR) is 80.9 cm³/mol. The SMILES string of the molecule is COc1ccc(Cl)cc1CC(N)CCC1CCCC1. The number of benzene rings is 1. The molecular weight excluding hydrogens is 258 g/mol. The summed E-state index contributed by atoms with van der Waals surface area (Å²) in [6, 6.07) is 5.94. The van der Waals surface area contributed by atoms with Crippen LogP contribution >= 0.6 is 11.6 Å². The molecule has 0 radical (unpaired) electrons. The third kappa shape index (κ3) is 4.39. The lowest BCUT2D eigenvalue weighted by Gasteiger charge is -2.16. The van der Waals surface area contributed by atoms with Gasteiger partial charge in [0.25, 0.3) is 0 Å². The Bertz CT molecular complexity index is 402. The van der Waals surface area contributed by atoms with Crippen molar-refractivity contribution in [3.8, 4) is 5.75 Å². The zero-order valence-electron chi connectivity index (χ0n) is 11.7. The highest BCUT2D eigenvalue weighted by Crippen LogP contribution is 2.30. The molecule has 1 aromatic carbocycles. The van der Waals surface area contributed by atoms with E-state index in [9.17, 15) is 0 Å². The van der Waals surface area contributed by atoms with Crippen molar-refractivity contribution in [3.05, 3.63) is 28.8 Å². The van der Waals surface area contributed by atoms with E-state index in [0.29, 0.717) is 0 Å². The summed E-state index contributed by atoms with van der Waals surface area (Å²) >= 11 is 6.04. The van der Waals surface area contributed by atoms with Crippen molar-refractivity contribution >= 4 is 11.6 Å². The standard InChI is InChI=1S/C16H24ClNO/c1-19-16-9-7-14(17)10-13(16)11-15(18)8-6-12-4-2-3-5-12/h7,9-10,12,15H,2-6,8,11,18H2,1H3. The van der Waals surface area contributed by atoms with Gasteiger partial charge in [-0.1, -0.05) is 37.3 Å². The van der Waals surface area contributed by atoms with Gasteiger partial charge in [0, 0.05) is 11.1 Å². The molecule has 2 N–H and O–H groups in total. The van der Waals surface area contributed by atoms with Crippen LogP contribution in [0.1, 0.15) is 44.1 Å². The van der Waals surface area contributed by atoms with E-state index >= 15 is 0 Å². The van der Waals surface area contributed by atoms with E-state index in [-0.39, 0.29) is 6.04 Å². The van der Waals surface area contributed by atoms with Crippen LogP contribution < -0.4 is 10.5 Å². The number of hydrogen-bond donors (Lipinski definition) is 1. The molecular formula is C16H24ClNO. The van der Waals surface area contributed by atoms with Crippen LogP contribution in [0.3, 0.4) is 0 Å². The van der Waals surface area contributed by atoms with Gasteiger partial charge in [-0.15, -0.1) is 0 Å². The fourth-order valence-corrected chi connectivity index (χ4v) is 3.23. The molecule has 1 aliphatic carbocycles. The molecule has 1 aliphatic rings.